The van der Waals surface area contributed by atoms with Gasteiger partial charge in [-0.25, -0.2) is 4.68 Å². The molecule has 1 amide bonds. The zero-order valence-electron chi connectivity index (χ0n) is 16.6. The smallest absolute Gasteiger partial charge is 0.237 e. The van der Waals surface area contributed by atoms with Crippen LogP contribution in [0.4, 0.5) is 5.69 Å². The maximum Gasteiger partial charge on any atom is 0.237 e. The van der Waals surface area contributed by atoms with Gasteiger partial charge in [-0.1, -0.05) is 36.4 Å². The summed E-state index contributed by atoms with van der Waals surface area (Å²) >= 11 is 1.58. The van der Waals surface area contributed by atoms with Crippen molar-refractivity contribution in [2.75, 3.05) is 12.4 Å². The van der Waals surface area contributed by atoms with Gasteiger partial charge in [0.25, 0.3) is 0 Å². The number of hydrogen-bond donors (Lipinski definition) is 1. The topological polar surface area (TPSA) is 56.1 Å². The van der Waals surface area contributed by atoms with Crippen molar-refractivity contribution in [3.05, 3.63) is 71.5 Å². The number of carbonyl (C=O) groups is 1. The Morgan fingerprint density at radius 3 is 2.54 bits per heavy atom. The Hall–Kier alpha value is -2.73. The maximum absolute atomic E-state index is 12.7. The van der Waals surface area contributed by atoms with Crippen LogP contribution in [0.25, 0.3) is 5.69 Å². The fourth-order valence-electron chi connectivity index (χ4n) is 2.98. The van der Waals surface area contributed by atoms with Gasteiger partial charge in [0.2, 0.25) is 5.91 Å². The molecule has 3 rings (SSSR count). The lowest BCUT2D eigenvalue weighted by molar-refractivity contribution is -0.115. The average Bonchev–Trinajstić information content (AvgIpc) is 3.01. The minimum atomic E-state index is -0.205. The van der Waals surface area contributed by atoms with E-state index in [4.69, 9.17) is 4.74 Å². The van der Waals surface area contributed by atoms with Crippen LogP contribution in [0.1, 0.15) is 23.9 Å². The molecular formula is C22H25N3O2S. The summed E-state index contributed by atoms with van der Waals surface area (Å²) in [5, 5.41) is 7.44. The summed E-state index contributed by atoms with van der Waals surface area (Å²) in [6, 6.07) is 17.8. The Morgan fingerprint density at radius 1 is 1.14 bits per heavy atom. The first-order valence-corrected chi connectivity index (χ1v) is 10.2. The number of aromatic nitrogens is 2. The molecule has 1 aromatic heterocycles. The number of benzene rings is 2. The molecule has 0 aliphatic heterocycles. The van der Waals surface area contributed by atoms with Gasteiger partial charge in [0.05, 0.1) is 35.1 Å². The molecule has 0 bridgehead atoms. The van der Waals surface area contributed by atoms with Crippen LogP contribution in [0.15, 0.2) is 54.6 Å². The third-order valence-corrected chi connectivity index (χ3v) is 5.78. The summed E-state index contributed by atoms with van der Waals surface area (Å²) in [5.41, 5.74) is 4.55. The fraction of sp³-hybridized carbons (Fsp3) is 0.273. The number of para-hydroxylation sites is 2. The lowest BCUT2D eigenvalue weighted by Gasteiger charge is -2.14. The van der Waals surface area contributed by atoms with Gasteiger partial charge in [-0.05, 0) is 39.0 Å². The SMILES string of the molecule is COc1ccccc1CS[C@H](C)C(=O)Nc1c(C)nn(-c2ccccc2)c1C. The molecule has 146 valence electrons. The van der Waals surface area contributed by atoms with Gasteiger partial charge in [-0.15, -0.1) is 11.8 Å². The number of methoxy groups -OCH3 is 1. The van der Waals surface area contributed by atoms with E-state index in [1.54, 1.807) is 18.9 Å². The molecule has 1 heterocycles. The Bertz CT molecular complexity index is 954. The molecule has 28 heavy (non-hydrogen) atoms. The summed E-state index contributed by atoms with van der Waals surface area (Å²) in [4.78, 5) is 12.7. The molecule has 0 saturated heterocycles. The van der Waals surface area contributed by atoms with Crippen molar-refractivity contribution in [3.8, 4) is 11.4 Å². The van der Waals surface area contributed by atoms with Gasteiger partial charge < -0.3 is 10.1 Å². The monoisotopic (exact) mass is 395 g/mol. The lowest BCUT2D eigenvalue weighted by Crippen LogP contribution is -2.23. The molecule has 5 nitrogen and oxygen atoms in total. The number of ether oxygens (including phenoxy) is 1. The van der Waals surface area contributed by atoms with Crippen molar-refractivity contribution in [1.82, 2.24) is 9.78 Å². The molecule has 2 aromatic carbocycles. The molecule has 6 heteroatoms. The standard InChI is InChI=1S/C22H25N3O2S/c1-15-21(16(2)25(24-15)19-11-6-5-7-12-19)23-22(26)17(3)28-14-18-10-8-9-13-20(18)27-4/h5-13,17H,14H2,1-4H3,(H,23,26)/t17-/m1/s1. The highest BCUT2D eigenvalue weighted by Gasteiger charge is 2.19. The zero-order valence-corrected chi connectivity index (χ0v) is 17.4. The highest BCUT2D eigenvalue weighted by molar-refractivity contribution is 7.99. The third-order valence-electron chi connectivity index (χ3n) is 4.59. The molecule has 0 spiro atoms. The lowest BCUT2D eigenvalue weighted by atomic mass is 10.2. The highest BCUT2D eigenvalue weighted by atomic mass is 32.2. The summed E-state index contributed by atoms with van der Waals surface area (Å²) in [6.07, 6.45) is 0. The van der Waals surface area contributed by atoms with Gasteiger partial charge in [0, 0.05) is 11.3 Å². The molecule has 1 N–H and O–H groups in total. The van der Waals surface area contributed by atoms with Crippen molar-refractivity contribution in [1.29, 1.82) is 0 Å². The van der Waals surface area contributed by atoms with Gasteiger partial charge in [-0.2, -0.15) is 5.10 Å². The predicted octanol–water partition coefficient (Wildman–Crippen LogP) is 4.76. The van der Waals surface area contributed by atoms with Crippen LogP contribution in [0, 0.1) is 13.8 Å². The molecule has 0 aliphatic rings. The number of aryl methyl sites for hydroxylation is 1. The van der Waals surface area contributed by atoms with E-state index >= 15 is 0 Å². The minimum Gasteiger partial charge on any atom is -0.496 e. The summed E-state index contributed by atoms with van der Waals surface area (Å²) in [5.74, 6) is 1.52. The number of hydrogen-bond acceptors (Lipinski definition) is 4. The number of carbonyl (C=O) groups excluding carboxylic acids is 1. The number of nitrogens with one attached hydrogen (secondary N) is 1. The largest absolute Gasteiger partial charge is 0.496 e. The Balaban J connectivity index is 1.68. The van der Waals surface area contributed by atoms with Gasteiger partial charge >= 0.3 is 0 Å². The van der Waals surface area contributed by atoms with Crippen molar-refractivity contribution < 1.29 is 9.53 Å². The highest BCUT2D eigenvalue weighted by Crippen LogP contribution is 2.27. The molecule has 1 atom stereocenters. The predicted molar refractivity (Wildman–Crippen MR) is 115 cm³/mol. The van der Waals surface area contributed by atoms with Crippen LogP contribution >= 0.6 is 11.8 Å². The Morgan fingerprint density at radius 2 is 1.82 bits per heavy atom. The first kappa shape index (κ1) is 20.0. The zero-order chi connectivity index (χ0) is 20.1. The van der Waals surface area contributed by atoms with Crippen LogP contribution in [-0.2, 0) is 10.5 Å². The first-order chi connectivity index (χ1) is 13.5. The molecular weight excluding hydrogens is 370 g/mol. The summed E-state index contributed by atoms with van der Waals surface area (Å²) < 4.78 is 7.24. The molecule has 0 fully saturated rings. The van der Waals surface area contributed by atoms with Gasteiger partial charge in [0.15, 0.2) is 0 Å². The minimum absolute atomic E-state index is 0.0290. The van der Waals surface area contributed by atoms with E-state index < -0.39 is 0 Å². The van der Waals surface area contributed by atoms with Crippen molar-refractivity contribution in [2.45, 2.75) is 31.8 Å². The van der Waals surface area contributed by atoms with Crippen LogP contribution < -0.4 is 10.1 Å². The van der Waals surface area contributed by atoms with E-state index in [-0.39, 0.29) is 11.2 Å². The Kier molecular flexibility index (Phi) is 6.41. The van der Waals surface area contributed by atoms with Crippen molar-refractivity contribution >= 4 is 23.4 Å². The number of anilines is 1. The van der Waals surface area contributed by atoms with Gasteiger partial charge in [-0.3, -0.25) is 4.79 Å². The average molecular weight is 396 g/mol. The van der Waals surface area contributed by atoms with E-state index in [1.165, 1.54) is 0 Å². The van der Waals surface area contributed by atoms with Crippen LogP contribution in [-0.4, -0.2) is 28.0 Å². The summed E-state index contributed by atoms with van der Waals surface area (Å²) in [7, 11) is 1.66. The molecule has 0 radical (unpaired) electrons. The van der Waals surface area contributed by atoms with Crippen LogP contribution in [0.3, 0.4) is 0 Å². The second-order valence-electron chi connectivity index (χ2n) is 6.55. The molecule has 0 aliphatic carbocycles. The van der Waals surface area contributed by atoms with E-state index in [2.05, 4.69) is 10.4 Å². The van der Waals surface area contributed by atoms with E-state index in [0.29, 0.717) is 5.75 Å². The number of amides is 1. The van der Waals surface area contributed by atoms with E-state index in [1.807, 2.05) is 80.1 Å². The molecule has 0 saturated carbocycles. The second-order valence-corrected chi connectivity index (χ2v) is 7.88. The fourth-order valence-corrected chi connectivity index (χ4v) is 3.86. The third kappa shape index (κ3) is 4.39. The number of nitrogens with zero attached hydrogens (tertiary/aromatic N) is 2. The second kappa shape index (κ2) is 8.97. The quantitative estimate of drug-likeness (QED) is 0.627. The first-order valence-electron chi connectivity index (χ1n) is 9.17. The van der Waals surface area contributed by atoms with Crippen LogP contribution in [0.2, 0.25) is 0 Å². The van der Waals surface area contributed by atoms with E-state index in [0.717, 1.165) is 34.1 Å². The van der Waals surface area contributed by atoms with Crippen molar-refractivity contribution in [3.63, 3.8) is 0 Å². The Labute approximate surface area is 170 Å². The number of thioether (sulfide) groups is 1. The summed E-state index contributed by atoms with van der Waals surface area (Å²) in [6.45, 7) is 5.80. The number of rotatable bonds is 7. The van der Waals surface area contributed by atoms with Gasteiger partial charge in [0.1, 0.15) is 5.75 Å². The van der Waals surface area contributed by atoms with Crippen molar-refractivity contribution in [2.24, 2.45) is 0 Å². The molecule has 0 unspecified atom stereocenters. The maximum atomic E-state index is 12.7. The molecule has 3 aromatic rings. The van der Waals surface area contributed by atoms with E-state index in [9.17, 15) is 4.79 Å². The normalized spacial score (nSPS) is 11.9. The van der Waals surface area contributed by atoms with Crippen LogP contribution in [0.5, 0.6) is 5.75 Å².